The summed E-state index contributed by atoms with van der Waals surface area (Å²) < 4.78 is 0. The van der Waals surface area contributed by atoms with Crippen molar-refractivity contribution in [1.82, 2.24) is 4.90 Å². The molecule has 0 radical (unpaired) electrons. The highest BCUT2D eigenvalue weighted by molar-refractivity contribution is 5.86. The summed E-state index contributed by atoms with van der Waals surface area (Å²) in [6, 6.07) is 14.5. The number of carbonyl (C=O) groups is 2. The van der Waals surface area contributed by atoms with Crippen LogP contribution >= 0.6 is 0 Å². The topological polar surface area (TPSA) is 63.4 Å². The highest BCUT2D eigenvalue weighted by Gasteiger charge is 2.23. The number of hydrogen-bond acceptors (Lipinski definition) is 3. The van der Waals surface area contributed by atoms with Crippen LogP contribution in [0, 0.1) is 5.92 Å². The molecule has 1 aliphatic heterocycles. The van der Waals surface area contributed by atoms with Gasteiger partial charge >= 0.3 is 0 Å². The number of benzene rings is 2. The lowest BCUT2D eigenvalue weighted by Crippen LogP contribution is -2.43. The molecule has 2 aromatic carbocycles. The van der Waals surface area contributed by atoms with Gasteiger partial charge in [-0.2, -0.15) is 0 Å². The van der Waals surface area contributed by atoms with Gasteiger partial charge in [-0.3, -0.25) is 4.79 Å². The molecule has 1 heterocycles. The summed E-state index contributed by atoms with van der Waals surface area (Å²) in [6.07, 6.45) is 3.50. The molecule has 1 unspecified atom stereocenters. The summed E-state index contributed by atoms with van der Waals surface area (Å²) in [4.78, 5) is 25.8. The molecule has 4 heteroatoms. The Hall–Kier alpha value is -2.20. The van der Waals surface area contributed by atoms with Gasteiger partial charge in [0.2, 0.25) is 5.91 Å². The zero-order chi connectivity index (χ0) is 16.9. The molecule has 0 aliphatic carbocycles. The van der Waals surface area contributed by atoms with Gasteiger partial charge < -0.3 is 15.4 Å². The number of carbonyl (C=O) groups excluding carboxylic acids is 2. The quantitative estimate of drug-likeness (QED) is 0.860. The van der Waals surface area contributed by atoms with E-state index in [1.54, 1.807) is 0 Å². The van der Waals surface area contributed by atoms with Gasteiger partial charge in [0.05, 0.1) is 0 Å². The number of fused-ring (bicyclic) bond motifs is 1. The Morgan fingerprint density at radius 3 is 2.62 bits per heavy atom. The number of piperidine rings is 1. The lowest BCUT2D eigenvalue weighted by Gasteiger charge is -2.30. The molecule has 1 amide bonds. The molecule has 1 fully saturated rings. The number of likely N-dealkylation sites (tertiary alicyclic amines) is 1. The summed E-state index contributed by atoms with van der Waals surface area (Å²) >= 11 is 0. The molecule has 126 valence electrons. The van der Waals surface area contributed by atoms with E-state index in [4.69, 9.17) is 5.73 Å². The van der Waals surface area contributed by atoms with Crippen molar-refractivity contribution in [2.45, 2.75) is 31.7 Å². The van der Waals surface area contributed by atoms with Crippen LogP contribution in [0.15, 0.2) is 42.5 Å². The maximum atomic E-state index is 12.5. The molecule has 0 spiro atoms. The van der Waals surface area contributed by atoms with E-state index in [1.165, 1.54) is 0 Å². The largest absolute Gasteiger partial charge is 0.343 e. The van der Waals surface area contributed by atoms with Crippen molar-refractivity contribution >= 4 is 23.0 Å². The van der Waals surface area contributed by atoms with Gasteiger partial charge in [-0.15, -0.1) is 0 Å². The van der Waals surface area contributed by atoms with Crippen molar-refractivity contribution in [3.05, 3.63) is 48.0 Å². The monoisotopic (exact) mass is 324 g/mol. The van der Waals surface area contributed by atoms with Gasteiger partial charge in [0.1, 0.15) is 6.29 Å². The smallest absolute Gasteiger partial charge is 0.223 e. The van der Waals surface area contributed by atoms with Crippen molar-refractivity contribution < 1.29 is 9.59 Å². The third-order valence-electron chi connectivity index (χ3n) is 4.88. The molecular weight excluding hydrogens is 300 g/mol. The molecular formula is C20H24N2O2. The Kier molecular flexibility index (Phi) is 5.26. The number of aldehydes is 1. The van der Waals surface area contributed by atoms with Crippen LogP contribution in [-0.4, -0.2) is 36.2 Å². The first-order valence-corrected chi connectivity index (χ1v) is 8.62. The van der Waals surface area contributed by atoms with E-state index in [-0.39, 0.29) is 24.3 Å². The van der Waals surface area contributed by atoms with Crippen LogP contribution < -0.4 is 5.73 Å². The second kappa shape index (κ2) is 7.58. The minimum absolute atomic E-state index is 0.0687. The first-order chi connectivity index (χ1) is 11.7. The van der Waals surface area contributed by atoms with Gasteiger partial charge in [-0.1, -0.05) is 42.5 Å². The third kappa shape index (κ3) is 3.82. The first-order valence-electron chi connectivity index (χ1n) is 8.62. The second-order valence-electron chi connectivity index (χ2n) is 6.66. The molecule has 2 aromatic rings. The van der Waals surface area contributed by atoms with Crippen molar-refractivity contribution in [2.75, 3.05) is 13.1 Å². The van der Waals surface area contributed by atoms with E-state index < -0.39 is 0 Å². The summed E-state index contributed by atoms with van der Waals surface area (Å²) in [5.41, 5.74) is 7.01. The normalized spacial score (nSPS) is 17.0. The molecule has 4 nitrogen and oxygen atoms in total. The average molecular weight is 324 g/mol. The number of rotatable bonds is 5. The Balaban J connectivity index is 1.68. The Bertz CT molecular complexity index is 715. The van der Waals surface area contributed by atoms with Gasteiger partial charge in [0, 0.05) is 31.5 Å². The van der Waals surface area contributed by atoms with E-state index in [9.17, 15) is 9.59 Å². The van der Waals surface area contributed by atoms with Gasteiger partial charge in [0.25, 0.3) is 0 Å². The average Bonchev–Trinajstić information content (AvgIpc) is 2.62. The third-order valence-corrected chi connectivity index (χ3v) is 4.88. The van der Waals surface area contributed by atoms with E-state index in [2.05, 4.69) is 18.2 Å². The van der Waals surface area contributed by atoms with E-state index in [0.29, 0.717) is 19.5 Å². The zero-order valence-corrected chi connectivity index (χ0v) is 13.9. The predicted molar refractivity (Wildman–Crippen MR) is 95.6 cm³/mol. The Morgan fingerprint density at radius 2 is 1.88 bits per heavy atom. The first kappa shape index (κ1) is 16.7. The predicted octanol–water partition coefficient (Wildman–Crippen LogP) is 2.54. The van der Waals surface area contributed by atoms with Crippen LogP contribution in [0.3, 0.4) is 0 Å². The van der Waals surface area contributed by atoms with Crippen LogP contribution in [-0.2, 0) is 16.0 Å². The minimum Gasteiger partial charge on any atom is -0.343 e. The van der Waals surface area contributed by atoms with Crippen molar-refractivity contribution in [3.8, 4) is 0 Å². The minimum atomic E-state index is -0.279. The fraction of sp³-hybridized carbons (Fsp3) is 0.400. The van der Waals surface area contributed by atoms with Crippen LogP contribution in [0.5, 0.6) is 0 Å². The summed E-state index contributed by atoms with van der Waals surface area (Å²) in [5.74, 6) is -0.210. The van der Waals surface area contributed by atoms with Crippen LogP contribution in [0.1, 0.15) is 24.8 Å². The summed E-state index contributed by atoms with van der Waals surface area (Å²) in [5, 5.41) is 2.32. The fourth-order valence-corrected chi connectivity index (χ4v) is 3.42. The molecule has 0 bridgehead atoms. The van der Waals surface area contributed by atoms with E-state index in [0.717, 1.165) is 35.5 Å². The Labute approximate surface area is 142 Å². The maximum Gasteiger partial charge on any atom is 0.223 e. The van der Waals surface area contributed by atoms with Crippen molar-refractivity contribution in [3.63, 3.8) is 0 Å². The fourth-order valence-electron chi connectivity index (χ4n) is 3.42. The highest BCUT2D eigenvalue weighted by atomic mass is 16.2. The number of nitrogens with zero attached hydrogens (tertiary/aromatic N) is 1. The Morgan fingerprint density at radius 1 is 1.17 bits per heavy atom. The van der Waals surface area contributed by atoms with Gasteiger partial charge in [-0.05, 0) is 35.6 Å². The molecule has 3 rings (SSSR count). The lowest BCUT2D eigenvalue weighted by molar-refractivity contribution is -0.134. The lowest BCUT2D eigenvalue weighted by atomic mass is 9.93. The molecule has 1 aliphatic rings. The zero-order valence-electron chi connectivity index (χ0n) is 13.9. The molecule has 2 N–H and O–H groups in total. The van der Waals surface area contributed by atoms with Crippen LogP contribution in [0.2, 0.25) is 0 Å². The molecule has 24 heavy (non-hydrogen) atoms. The van der Waals surface area contributed by atoms with Crippen molar-refractivity contribution in [1.29, 1.82) is 0 Å². The maximum absolute atomic E-state index is 12.5. The molecule has 1 atom stereocenters. The van der Waals surface area contributed by atoms with E-state index in [1.807, 2.05) is 29.2 Å². The van der Waals surface area contributed by atoms with E-state index >= 15 is 0 Å². The molecule has 0 aromatic heterocycles. The number of amides is 1. The number of nitrogens with two attached hydrogens (primary N) is 1. The summed E-state index contributed by atoms with van der Waals surface area (Å²) in [6.45, 7) is 1.42. The van der Waals surface area contributed by atoms with Crippen LogP contribution in [0.25, 0.3) is 10.8 Å². The van der Waals surface area contributed by atoms with Crippen LogP contribution in [0.4, 0.5) is 0 Å². The van der Waals surface area contributed by atoms with Gasteiger partial charge in [0.15, 0.2) is 0 Å². The SMILES string of the molecule is NC1CCN(C(=O)CC(C=O)Cc2cccc3ccccc23)CC1. The summed E-state index contributed by atoms with van der Waals surface area (Å²) in [7, 11) is 0. The van der Waals surface area contributed by atoms with Crippen molar-refractivity contribution in [2.24, 2.45) is 11.7 Å². The number of hydrogen-bond donors (Lipinski definition) is 1. The molecule has 1 saturated heterocycles. The second-order valence-corrected chi connectivity index (χ2v) is 6.66. The molecule has 0 saturated carbocycles. The standard InChI is InChI=1S/C20H24N2O2/c21-18-8-10-22(11-9-18)20(24)13-15(14-23)12-17-6-3-5-16-4-1-2-7-19(16)17/h1-7,14-15,18H,8-13,21H2. The van der Waals surface area contributed by atoms with Gasteiger partial charge in [-0.25, -0.2) is 0 Å². The highest BCUT2D eigenvalue weighted by Crippen LogP contribution is 2.22.